The van der Waals surface area contributed by atoms with Gasteiger partial charge in [0.25, 0.3) is 0 Å². The first-order chi connectivity index (χ1) is 8.72. The van der Waals surface area contributed by atoms with Crippen molar-refractivity contribution in [2.45, 2.75) is 38.3 Å². The fraction of sp³-hybridized carbons (Fsp3) is 0.600. The van der Waals surface area contributed by atoms with Crippen LogP contribution in [0.15, 0.2) is 24.3 Å². The van der Waals surface area contributed by atoms with Crippen LogP contribution in [-0.2, 0) is 0 Å². The molecule has 3 heteroatoms. The van der Waals surface area contributed by atoms with E-state index in [9.17, 15) is 5.11 Å². The van der Waals surface area contributed by atoms with Crippen molar-refractivity contribution in [3.05, 3.63) is 29.8 Å². The molecule has 100 valence electrons. The molecule has 0 aliphatic carbocycles. The van der Waals surface area contributed by atoms with E-state index < -0.39 is 6.10 Å². The molecule has 0 saturated carbocycles. The molecule has 1 aliphatic heterocycles. The molecule has 0 aromatic heterocycles. The van der Waals surface area contributed by atoms with E-state index in [4.69, 9.17) is 4.74 Å². The summed E-state index contributed by atoms with van der Waals surface area (Å²) in [5.74, 6) is 0.830. The van der Waals surface area contributed by atoms with E-state index in [0.29, 0.717) is 0 Å². The predicted molar refractivity (Wildman–Crippen MR) is 72.8 cm³/mol. The lowest BCUT2D eigenvalue weighted by molar-refractivity contribution is 0.0471. The van der Waals surface area contributed by atoms with Gasteiger partial charge in [-0.1, -0.05) is 18.6 Å². The number of piperidine rings is 1. The summed E-state index contributed by atoms with van der Waals surface area (Å²) in [5, 5.41) is 10.4. The van der Waals surface area contributed by atoms with E-state index in [1.54, 1.807) is 7.11 Å². The number of ether oxygens (including phenoxy) is 1. The first kappa shape index (κ1) is 13.4. The van der Waals surface area contributed by atoms with Crippen LogP contribution in [0.4, 0.5) is 0 Å². The molecule has 0 radical (unpaired) electrons. The fourth-order valence-corrected chi connectivity index (χ4v) is 2.60. The third-order valence-corrected chi connectivity index (χ3v) is 3.88. The highest BCUT2D eigenvalue weighted by atomic mass is 16.5. The van der Waals surface area contributed by atoms with Gasteiger partial charge in [-0.3, -0.25) is 4.90 Å². The van der Waals surface area contributed by atoms with Crippen LogP contribution in [0.3, 0.4) is 0 Å². The van der Waals surface area contributed by atoms with Crippen molar-refractivity contribution in [1.82, 2.24) is 4.90 Å². The van der Waals surface area contributed by atoms with Gasteiger partial charge in [-0.15, -0.1) is 0 Å². The monoisotopic (exact) mass is 249 g/mol. The van der Waals surface area contributed by atoms with Crippen molar-refractivity contribution in [2.24, 2.45) is 0 Å². The number of aliphatic hydroxyl groups excluding tert-OH is 1. The van der Waals surface area contributed by atoms with Crippen LogP contribution in [0.25, 0.3) is 0 Å². The van der Waals surface area contributed by atoms with E-state index in [-0.39, 0.29) is 6.04 Å². The molecule has 3 nitrogen and oxygen atoms in total. The number of nitrogens with zero attached hydrogens (tertiary/aromatic N) is 1. The Hall–Kier alpha value is -1.06. The maximum absolute atomic E-state index is 10.4. The molecule has 1 aromatic rings. The highest BCUT2D eigenvalue weighted by Crippen LogP contribution is 2.25. The van der Waals surface area contributed by atoms with Crippen molar-refractivity contribution < 1.29 is 9.84 Å². The lowest BCUT2D eigenvalue weighted by Crippen LogP contribution is -2.40. The van der Waals surface area contributed by atoms with Crippen LogP contribution in [0, 0.1) is 0 Å². The van der Waals surface area contributed by atoms with Gasteiger partial charge < -0.3 is 9.84 Å². The molecule has 18 heavy (non-hydrogen) atoms. The number of hydrogen-bond acceptors (Lipinski definition) is 3. The average molecular weight is 249 g/mol. The first-order valence-electron chi connectivity index (χ1n) is 6.78. The number of hydrogen-bond donors (Lipinski definition) is 1. The molecule has 0 amide bonds. The SMILES string of the molecule is COc1ccc([C@H](O)[C@H](C)N2CCCCC2)cc1. The molecule has 1 fully saturated rings. The summed E-state index contributed by atoms with van der Waals surface area (Å²) in [6, 6.07) is 7.88. The molecule has 0 spiro atoms. The smallest absolute Gasteiger partial charge is 0.118 e. The second-order valence-corrected chi connectivity index (χ2v) is 5.06. The molecular formula is C15H23NO2. The standard InChI is InChI=1S/C15H23NO2/c1-12(16-10-4-3-5-11-16)15(17)13-6-8-14(18-2)9-7-13/h6-9,12,15,17H,3-5,10-11H2,1-2H3/t12-,15+/m0/s1. The number of methoxy groups -OCH3 is 1. The van der Waals surface area contributed by atoms with Gasteiger partial charge in [0.15, 0.2) is 0 Å². The van der Waals surface area contributed by atoms with Crippen LogP contribution in [0.5, 0.6) is 5.75 Å². The minimum absolute atomic E-state index is 0.179. The number of likely N-dealkylation sites (tertiary alicyclic amines) is 1. The van der Waals surface area contributed by atoms with Gasteiger partial charge in [-0.2, -0.15) is 0 Å². The minimum atomic E-state index is -0.422. The molecule has 1 aliphatic rings. The molecule has 0 bridgehead atoms. The second kappa shape index (κ2) is 6.21. The maximum Gasteiger partial charge on any atom is 0.118 e. The Morgan fingerprint density at radius 1 is 1.11 bits per heavy atom. The Kier molecular flexibility index (Phi) is 4.61. The van der Waals surface area contributed by atoms with Gasteiger partial charge in [0.2, 0.25) is 0 Å². The van der Waals surface area contributed by atoms with E-state index >= 15 is 0 Å². The summed E-state index contributed by atoms with van der Waals surface area (Å²) < 4.78 is 5.13. The molecule has 2 atom stereocenters. The van der Waals surface area contributed by atoms with E-state index in [1.807, 2.05) is 24.3 Å². The zero-order valence-corrected chi connectivity index (χ0v) is 11.3. The number of aliphatic hydroxyl groups is 1. The normalized spacial score (nSPS) is 20.4. The number of benzene rings is 1. The summed E-state index contributed by atoms with van der Waals surface area (Å²) in [5.41, 5.74) is 0.967. The van der Waals surface area contributed by atoms with Crippen molar-refractivity contribution in [1.29, 1.82) is 0 Å². The zero-order valence-electron chi connectivity index (χ0n) is 11.3. The molecule has 1 heterocycles. The summed E-state index contributed by atoms with van der Waals surface area (Å²) in [6.07, 6.45) is 3.40. The predicted octanol–water partition coefficient (Wildman–Crippen LogP) is 2.60. The summed E-state index contributed by atoms with van der Waals surface area (Å²) in [7, 11) is 1.65. The van der Waals surface area contributed by atoms with Crippen LogP contribution in [0.1, 0.15) is 37.9 Å². The van der Waals surface area contributed by atoms with Crippen LogP contribution in [0.2, 0.25) is 0 Å². The summed E-state index contributed by atoms with van der Waals surface area (Å²) in [6.45, 7) is 4.32. The van der Waals surface area contributed by atoms with Gasteiger partial charge in [-0.05, 0) is 50.6 Å². The molecule has 0 unspecified atom stereocenters. The third-order valence-electron chi connectivity index (χ3n) is 3.88. The molecule has 1 aromatic carbocycles. The average Bonchev–Trinajstić information content (AvgIpc) is 2.47. The Bertz CT molecular complexity index is 357. The van der Waals surface area contributed by atoms with Gasteiger partial charge >= 0.3 is 0 Å². The van der Waals surface area contributed by atoms with E-state index in [2.05, 4.69) is 11.8 Å². The van der Waals surface area contributed by atoms with Crippen LogP contribution < -0.4 is 4.74 Å². The van der Waals surface area contributed by atoms with Crippen molar-refractivity contribution >= 4 is 0 Å². The van der Waals surface area contributed by atoms with Crippen molar-refractivity contribution in [3.8, 4) is 5.75 Å². The van der Waals surface area contributed by atoms with Crippen molar-refractivity contribution in [2.75, 3.05) is 20.2 Å². The zero-order chi connectivity index (χ0) is 13.0. The van der Waals surface area contributed by atoms with Gasteiger partial charge in [0, 0.05) is 6.04 Å². The van der Waals surface area contributed by atoms with Gasteiger partial charge in [-0.25, -0.2) is 0 Å². The molecular weight excluding hydrogens is 226 g/mol. The molecule has 1 saturated heterocycles. The van der Waals surface area contributed by atoms with Gasteiger partial charge in [0.1, 0.15) is 5.75 Å². The lowest BCUT2D eigenvalue weighted by atomic mass is 10.00. The minimum Gasteiger partial charge on any atom is -0.497 e. The Balaban J connectivity index is 2.01. The number of rotatable bonds is 4. The van der Waals surface area contributed by atoms with Crippen LogP contribution in [-0.4, -0.2) is 36.2 Å². The highest BCUT2D eigenvalue weighted by molar-refractivity contribution is 5.29. The second-order valence-electron chi connectivity index (χ2n) is 5.06. The Morgan fingerprint density at radius 2 is 1.72 bits per heavy atom. The quantitative estimate of drug-likeness (QED) is 0.890. The largest absolute Gasteiger partial charge is 0.497 e. The Labute approximate surface area is 109 Å². The topological polar surface area (TPSA) is 32.7 Å². The van der Waals surface area contributed by atoms with Crippen molar-refractivity contribution in [3.63, 3.8) is 0 Å². The first-order valence-corrected chi connectivity index (χ1v) is 6.78. The Morgan fingerprint density at radius 3 is 2.28 bits per heavy atom. The molecule has 2 rings (SSSR count). The lowest BCUT2D eigenvalue weighted by Gasteiger charge is -2.35. The van der Waals surface area contributed by atoms with Gasteiger partial charge in [0.05, 0.1) is 13.2 Å². The fourth-order valence-electron chi connectivity index (χ4n) is 2.60. The van der Waals surface area contributed by atoms with E-state index in [1.165, 1.54) is 19.3 Å². The summed E-state index contributed by atoms with van der Waals surface area (Å²) in [4.78, 5) is 2.39. The molecule has 1 N–H and O–H groups in total. The van der Waals surface area contributed by atoms with Crippen LogP contribution >= 0.6 is 0 Å². The summed E-state index contributed by atoms with van der Waals surface area (Å²) >= 11 is 0. The van der Waals surface area contributed by atoms with E-state index in [0.717, 1.165) is 24.4 Å². The third kappa shape index (κ3) is 3.03. The highest BCUT2D eigenvalue weighted by Gasteiger charge is 2.24. The maximum atomic E-state index is 10.4.